The van der Waals surface area contributed by atoms with Gasteiger partial charge in [0.1, 0.15) is 12.8 Å². The van der Waals surface area contributed by atoms with E-state index >= 15 is 0 Å². The summed E-state index contributed by atoms with van der Waals surface area (Å²) in [6, 6.07) is 5.62. The first-order chi connectivity index (χ1) is 19.8. The minimum absolute atomic E-state index is 0.128. The largest absolute Gasteiger partial charge is 0.487 e. The summed E-state index contributed by atoms with van der Waals surface area (Å²) in [5, 5.41) is 0. The molecule has 2 aliphatic rings. The molecule has 4 rings (SSSR count). The third-order valence-electron chi connectivity index (χ3n) is 8.49. The minimum atomic E-state index is -1.75. The Hall–Kier alpha value is -2.19. The van der Waals surface area contributed by atoms with E-state index in [9.17, 15) is 22.0 Å². The lowest BCUT2D eigenvalue weighted by atomic mass is 9.88. The fourth-order valence-corrected chi connectivity index (χ4v) is 6.03. The molecule has 2 aromatic rings. The van der Waals surface area contributed by atoms with Crippen LogP contribution in [0, 0.1) is 23.3 Å². The second-order valence-corrected chi connectivity index (χ2v) is 11.6. The van der Waals surface area contributed by atoms with Crippen LogP contribution in [0.4, 0.5) is 22.0 Å². The zero-order chi connectivity index (χ0) is 29.4. The van der Waals surface area contributed by atoms with Gasteiger partial charge < -0.3 is 14.2 Å². The Balaban J connectivity index is 1.29. The van der Waals surface area contributed by atoms with Crippen LogP contribution in [0.5, 0.6) is 5.75 Å². The fraction of sp³-hybridized carbons (Fsp3) is 0.636. The van der Waals surface area contributed by atoms with Crippen LogP contribution in [0.3, 0.4) is 0 Å². The van der Waals surface area contributed by atoms with Crippen molar-refractivity contribution in [3.05, 3.63) is 64.2 Å². The first-order valence-electron chi connectivity index (χ1n) is 15.3. The number of unbranched alkanes of at least 4 members (excludes halogenated alkanes) is 2. The van der Waals surface area contributed by atoms with E-state index in [0.717, 1.165) is 51.4 Å². The third kappa shape index (κ3) is 8.22. The normalized spacial score (nSPS) is 23.9. The molecule has 3 nitrogen and oxygen atoms in total. The maximum absolute atomic E-state index is 15.0. The van der Waals surface area contributed by atoms with Gasteiger partial charge in [0.05, 0.1) is 25.4 Å². The molecular weight excluding hydrogens is 539 g/mol. The van der Waals surface area contributed by atoms with Crippen LogP contribution >= 0.6 is 0 Å². The Bertz CT molecular complexity index is 1110. The first kappa shape index (κ1) is 31.7. The second-order valence-electron chi connectivity index (χ2n) is 11.6. The predicted octanol–water partition coefficient (Wildman–Crippen LogP) is 9.11. The van der Waals surface area contributed by atoms with Gasteiger partial charge in [0.25, 0.3) is 0 Å². The lowest BCUT2D eigenvalue weighted by molar-refractivity contribution is -0.00280. The van der Waals surface area contributed by atoms with Gasteiger partial charge in [0.15, 0.2) is 23.2 Å². The smallest absolute Gasteiger partial charge is 0.200 e. The van der Waals surface area contributed by atoms with Crippen LogP contribution < -0.4 is 4.74 Å². The molecule has 0 N–H and O–H groups in total. The van der Waals surface area contributed by atoms with Crippen LogP contribution in [-0.2, 0) is 15.9 Å². The molecule has 41 heavy (non-hydrogen) atoms. The van der Waals surface area contributed by atoms with Crippen LogP contribution in [0.25, 0.3) is 0 Å². The van der Waals surface area contributed by atoms with Gasteiger partial charge in [-0.25, -0.2) is 17.6 Å². The number of ether oxygens (including phenoxy) is 3. The molecule has 0 saturated carbocycles. The van der Waals surface area contributed by atoms with E-state index in [1.165, 1.54) is 24.3 Å². The Kier molecular flexibility index (Phi) is 11.9. The van der Waals surface area contributed by atoms with E-state index in [4.69, 9.17) is 14.2 Å². The van der Waals surface area contributed by atoms with Gasteiger partial charge in [0, 0.05) is 18.3 Å². The summed E-state index contributed by atoms with van der Waals surface area (Å²) in [6.07, 6.45) is 7.40. The van der Waals surface area contributed by atoms with Gasteiger partial charge in [-0.2, -0.15) is 4.39 Å². The highest BCUT2D eigenvalue weighted by Crippen LogP contribution is 2.35. The molecule has 8 heteroatoms. The molecule has 2 heterocycles. The van der Waals surface area contributed by atoms with Crippen molar-refractivity contribution in [2.45, 2.75) is 115 Å². The quantitative estimate of drug-likeness (QED) is 0.174. The molecule has 5 unspecified atom stereocenters. The van der Waals surface area contributed by atoms with Gasteiger partial charge in [-0.1, -0.05) is 57.7 Å². The summed E-state index contributed by atoms with van der Waals surface area (Å²) in [4.78, 5) is 0. The van der Waals surface area contributed by atoms with E-state index in [1.807, 2.05) is 0 Å². The SMILES string of the molecule is CCCCCC1CCC(c2ccc(CC(F)COc3ccc(C4CCC(CCC)OC4)c(F)c3F)c(F)c2F)CO1. The third-order valence-corrected chi connectivity index (χ3v) is 8.49. The van der Waals surface area contributed by atoms with Gasteiger partial charge >= 0.3 is 0 Å². The Morgan fingerprint density at radius 3 is 1.93 bits per heavy atom. The van der Waals surface area contributed by atoms with Crippen LogP contribution in [0.15, 0.2) is 24.3 Å². The molecule has 2 aliphatic heterocycles. The van der Waals surface area contributed by atoms with Crippen LogP contribution in [-0.4, -0.2) is 38.2 Å². The topological polar surface area (TPSA) is 27.7 Å². The molecule has 0 radical (unpaired) electrons. The van der Waals surface area contributed by atoms with E-state index in [0.29, 0.717) is 26.1 Å². The summed E-state index contributed by atoms with van der Waals surface area (Å²) in [6.45, 7) is 4.25. The van der Waals surface area contributed by atoms with Crippen molar-refractivity contribution in [2.75, 3.05) is 19.8 Å². The highest BCUT2D eigenvalue weighted by Gasteiger charge is 2.29. The van der Waals surface area contributed by atoms with Crippen molar-refractivity contribution >= 4 is 0 Å². The molecule has 2 saturated heterocycles. The average molecular weight is 583 g/mol. The second kappa shape index (κ2) is 15.3. The molecular formula is C33H43F5O3. The van der Waals surface area contributed by atoms with E-state index < -0.39 is 48.2 Å². The lowest BCUT2D eigenvalue weighted by Crippen LogP contribution is -2.25. The van der Waals surface area contributed by atoms with Crippen LogP contribution in [0.1, 0.15) is 107 Å². The molecule has 5 atom stereocenters. The standard InChI is InChI=1S/C33H43F5O3/c1-3-5-6-8-26-13-10-22(19-40-26)27-14-11-21(30(35)31(27)36)17-24(34)20-41-29-16-15-28(32(37)33(29)38)23-9-12-25(7-4-2)39-18-23/h11,14-16,22-26H,3-10,12-13,17-20H2,1-2H3. The van der Waals surface area contributed by atoms with E-state index in [2.05, 4.69) is 13.8 Å². The number of rotatable bonds is 13. The lowest BCUT2D eigenvalue weighted by Gasteiger charge is -2.30. The molecule has 0 amide bonds. The van der Waals surface area contributed by atoms with E-state index in [-0.39, 0.29) is 40.7 Å². The minimum Gasteiger partial charge on any atom is -0.487 e. The molecule has 0 aromatic heterocycles. The van der Waals surface area contributed by atoms with Gasteiger partial charge in [-0.15, -0.1) is 0 Å². The van der Waals surface area contributed by atoms with Crippen molar-refractivity contribution in [1.29, 1.82) is 0 Å². The number of halogens is 5. The highest BCUT2D eigenvalue weighted by molar-refractivity contribution is 5.34. The Morgan fingerprint density at radius 1 is 0.732 bits per heavy atom. The van der Waals surface area contributed by atoms with Gasteiger partial charge in [0.2, 0.25) is 5.82 Å². The van der Waals surface area contributed by atoms with Crippen molar-refractivity contribution in [3.63, 3.8) is 0 Å². The summed E-state index contributed by atoms with van der Waals surface area (Å²) in [7, 11) is 0. The van der Waals surface area contributed by atoms with Gasteiger partial charge in [-0.3, -0.25) is 0 Å². The zero-order valence-electron chi connectivity index (χ0n) is 24.2. The zero-order valence-corrected chi connectivity index (χ0v) is 24.2. The predicted molar refractivity (Wildman–Crippen MR) is 149 cm³/mol. The maximum Gasteiger partial charge on any atom is 0.200 e. The molecule has 2 aromatic carbocycles. The number of alkyl halides is 1. The Labute approximate surface area is 240 Å². The summed E-state index contributed by atoms with van der Waals surface area (Å²) in [5.74, 6) is -5.20. The van der Waals surface area contributed by atoms with Crippen molar-refractivity contribution in [3.8, 4) is 5.75 Å². The molecule has 228 valence electrons. The molecule has 2 fully saturated rings. The summed E-state index contributed by atoms with van der Waals surface area (Å²) in [5.41, 5.74) is 0.332. The number of hydrogen-bond donors (Lipinski definition) is 0. The molecule has 0 spiro atoms. The maximum atomic E-state index is 15.0. The average Bonchev–Trinajstić information content (AvgIpc) is 2.98. The van der Waals surface area contributed by atoms with Crippen molar-refractivity contribution < 1.29 is 36.2 Å². The molecule has 0 bridgehead atoms. The van der Waals surface area contributed by atoms with Crippen LogP contribution in [0.2, 0.25) is 0 Å². The summed E-state index contributed by atoms with van der Waals surface area (Å²) >= 11 is 0. The highest BCUT2D eigenvalue weighted by atomic mass is 19.2. The van der Waals surface area contributed by atoms with Crippen molar-refractivity contribution in [2.24, 2.45) is 0 Å². The van der Waals surface area contributed by atoms with Crippen molar-refractivity contribution in [1.82, 2.24) is 0 Å². The fourth-order valence-electron chi connectivity index (χ4n) is 6.03. The molecule has 0 aliphatic carbocycles. The summed E-state index contributed by atoms with van der Waals surface area (Å²) < 4.78 is 91.1. The first-order valence-corrected chi connectivity index (χ1v) is 15.3. The number of benzene rings is 2. The monoisotopic (exact) mass is 582 g/mol. The van der Waals surface area contributed by atoms with E-state index in [1.54, 1.807) is 0 Å². The number of hydrogen-bond acceptors (Lipinski definition) is 3. The Morgan fingerprint density at radius 2 is 1.34 bits per heavy atom. The van der Waals surface area contributed by atoms with Gasteiger partial charge in [-0.05, 0) is 61.3 Å².